The fourth-order valence-corrected chi connectivity index (χ4v) is 1.97. The molecule has 0 amide bonds. The zero-order chi connectivity index (χ0) is 17.2. The molecular weight excluding hydrogens is 328 g/mol. The van der Waals surface area contributed by atoms with E-state index in [0.29, 0.717) is 42.2 Å². The van der Waals surface area contributed by atoms with Gasteiger partial charge in [-0.05, 0) is 31.9 Å². The zero-order valence-electron chi connectivity index (χ0n) is 13.4. The fourth-order valence-electron chi connectivity index (χ4n) is 1.69. The Bertz CT molecular complexity index is 569. The molecule has 0 saturated heterocycles. The van der Waals surface area contributed by atoms with Crippen LogP contribution in [0.5, 0.6) is 11.5 Å². The van der Waals surface area contributed by atoms with Crippen LogP contribution in [-0.2, 0) is 11.3 Å². The molecule has 0 saturated carbocycles. The molecule has 0 unspecified atom stereocenters. The lowest BCUT2D eigenvalue weighted by molar-refractivity contribution is 0.106. The molecule has 0 fully saturated rings. The maximum absolute atomic E-state index is 12.0. The van der Waals surface area contributed by atoms with Crippen LogP contribution in [-0.4, -0.2) is 25.5 Å². The summed E-state index contributed by atoms with van der Waals surface area (Å²) in [5, 5.41) is 4.16. The van der Waals surface area contributed by atoms with Gasteiger partial charge in [0.15, 0.2) is 6.61 Å². The molecule has 0 radical (unpaired) electrons. The number of rotatable bonds is 9. The van der Waals surface area contributed by atoms with E-state index in [0.717, 1.165) is 11.3 Å². The first-order valence-corrected chi connectivity index (χ1v) is 7.54. The number of oxime groups is 1. The molecule has 0 aliphatic heterocycles. The molecule has 7 heteroatoms. The van der Waals surface area contributed by atoms with Crippen LogP contribution in [0, 0.1) is 0 Å². The highest BCUT2D eigenvalue weighted by Gasteiger charge is 2.11. The Labute approximate surface area is 139 Å². The number of halogens is 3. The van der Waals surface area contributed by atoms with E-state index in [1.165, 1.54) is 6.07 Å². The molecule has 1 aromatic rings. The minimum atomic E-state index is -1.78. The van der Waals surface area contributed by atoms with Gasteiger partial charge < -0.3 is 14.3 Å². The molecular formula is C16H20ClF2NO3. The molecule has 0 heterocycles. The fraction of sp³-hybridized carbons (Fsp3) is 0.438. The highest BCUT2D eigenvalue weighted by atomic mass is 35.5. The summed E-state index contributed by atoms with van der Waals surface area (Å²) >= 11 is 6.18. The first-order chi connectivity index (χ1) is 10.9. The predicted octanol–water partition coefficient (Wildman–Crippen LogP) is 4.85. The summed E-state index contributed by atoms with van der Waals surface area (Å²) in [7, 11) is 0. The molecule has 0 spiro atoms. The molecule has 0 N–H and O–H groups in total. The van der Waals surface area contributed by atoms with E-state index in [2.05, 4.69) is 5.16 Å². The molecule has 0 atom stereocenters. The van der Waals surface area contributed by atoms with Crippen molar-refractivity contribution in [1.82, 2.24) is 0 Å². The highest BCUT2D eigenvalue weighted by molar-refractivity contribution is 6.32. The van der Waals surface area contributed by atoms with E-state index < -0.39 is 6.08 Å². The van der Waals surface area contributed by atoms with Crippen molar-refractivity contribution in [3.05, 3.63) is 34.9 Å². The summed E-state index contributed by atoms with van der Waals surface area (Å²) in [6.45, 7) is 5.96. The number of aryl methyl sites for hydroxylation is 1. The summed E-state index contributed by atoms with van der Waals surface area (Å²) in [6, 6.07) is 3.26. The van der Waals surface area contributed by atoms with E-state index in [9.17, 15) is 8.78 Å². The first-order valence-electron chi connectivity index (χ1n) is 7.16. The van der Waals surface area contributed by atoms with Crippen LogP contribution in [0.3, 0.4) is 0 Å². The summed E-state index contributed by atoms with van der Waals surface area (Å²) in [4.78, 5) is 5.05. The van der Waals surface area contributed by atoms with E-state index in [1.807, 2.05) is 20.8 Å². The second-order valence-electron chi connectivity index (χ2n) is 4.77. The van der Waals surface area contributed by atoms with Crippen molar-refractivity contribution in [2.24, 2.45) is 5.16 Å². The van der Waals surface area contributed by atoms with Crippen LogP contribution in [0.1, 0.15) is 26.3 Å². The highest BCUT2D eigenvalue weighted by Crippen LogP contribution is 2.34. The Balaban J connectivity index is 2.69. The van der Waals surface area contributed by atoms with Crippen molar-refractivity contribution in [2.45, 2.75) is 27.2 Å². The molecule has 4 nitrogen and oxygen atoms in total. The Morgan fingerprint density at radius 3 is 2.57 bits per heavy atom. The number of benzene rings is 1. The number of hydrogen-bond donors (Lipinski definition) is 0. The summed E-state index contributed by atoms with van der Waals surface area (Å²) in [6.07, 6.45) is -0.429. The molecule has 0 aliphatic carbocycles. The molecule has 128 valence electrons. The lowest BCUT2D eigenvalue weighted by Crippen LogP contribution is -2.07. The van der Waals surface area contributed by atoms with E-state index >= 15 is 0 Å². The second-order valence-corrected chi connectivity index (χ2v) is 5.18. The van der Waals surface area contributed by atoms with Crippen LogP contribution in [0.15, 0.2) is 29.4 Å². The van der Waals surface area contributed by atoms with Gasteiger partial charge in [0, 0.05) is 12.1 Å². The predicted molar refractivity (Wildman–Crippen MR) is 86.9 cm³/mol. The monoisotopic (exact) mass is 347 g/mol. The summed E-state index contributed by atoms with van der Waals surface area (Å²) < 4.78 is 34.8. The van der Waals surface area contributed by atoms with Gasteiger partial charge in [-0.1, -0.05) is 23.7 Å². The SMILES string of the molecule is CCc1cc(OCC=C(F)F)cc(Cl)c1OCCON=C(C)C. The second kappa shape index (κ2) is 10.0. The standard InChI is InChI=1S/C16H20ClF2NO3/c1-4-12-9-13(21-6-5-15(18)19)10-14(17)16(12)22-7-8-23-20-11(2)3/h5,9-10H,4,6-8H2,1-3H3. The van der Waals surface area contributed by atoms with E-state index in [-0.39, 0.29) is 6.61 Å². The molecule has 0 bridgehead atoms. The Morgan fingerprint density at radius 2 is 1.96 bits per heavy atom. The quantitative estimate of drug-likeness (QED) is 0.364. The van der Waals surface area contributed by atoms with Gasteiger partial charge in [-0.25, -0.2) is 0 Å². The van der Waals surface area contributed by atoms with Gasteiger partial charge in [-0.3, -0.25) is 0 Å². The maximum Gasteiger partial charge on any atom is 0.269 e. The minimum absolute atomic E-state index is 0.218. The van der Waals surface area contributed by atoms with Crippen molar-refractivity contribution in [1.29, 1.82) is 0 Å². The van der Waals surface area contributed by atoms with Crippen molar-refractivity contribution in [2.75, 3.05) is 19.8 Å². The third-order valence-electron chi connectivity index (χ3n) is 2.63. The smallest absolute Gasteiger partial charge is 0.269 e. The van der Waals surface area contributed by atoms with Gasteiger partial charge in [0.2, 0.25) is 0 Å². The zero-order valence-corrected chi connectivity index (χ0v) is 14.1. The van der Waals surface area contributed by atoms with Gasteiger partial charge in [0.05, 0.1) is 10.7 Å². The average Bonchev–Trinajstić information content (AvgIpc) is 2.47. The lowest BCUT2D eigenvalue weighted by atomic mass is 10.1. The number of nitrogens with zero attached hydrogens (tertiary/aromatic N) is 1. The van der Waals surface area contributed by atoms with E-state index in [4.69, 9.17) is 25.9 Å². The van der Waals surface area contributed by atoms with Gasteiger partial charge in [-0.2, -0.15) is 8.78 Å². The van der Waals surface area contributed by atoms with Gasteiger partial charge >= 0.3 is 0 Å². The van der Waals surface area contributed by atoms with Crippen LogP contribution < -0.4 is 9.47 Å². The van der Waals surface area contributed by atoms with Crippen molar-refractivity contribution < 1.29 is 23.1 Å². The lowest BCUT2D eigenvalue weighted by Gasteiger charge is -2.14. The third-order valence-corrected chi connectivity index (χ3v) is 2.91. The third kappa shape index (κ3) is 7.32. The van der Waals surface area contributed by atoms with Crippen LogP contribution >= 0.6 is 11.6 Å². The normalized spacial score (nSPS) is 10.0. The molecule has 1 rings (SSSR count). The van der Waals surface area contributed by atoms with Crippen molar-refractivity contribution in [3.8, 4) is 11.5 Å². The van der Waals surface area contributed by atoms with Gasteiger partial charge in [0.25, 0.3) is 6.08 Å². The summed E-state index contributed by atoms with van der Waals surface area (Å²) in [5.41, 5.74) is 1.64. The Morgan fingerprint density at radius 1 is 1.22 bits per heavy atom. The van der Waals surface area contributed by atoms with Crippen LogP contribution in [0.25, 0.3) is 0 Å². The van der Waals surface area contributed by atoms with Crippen LogP contribution in [0.4, 0.5) is 8.78 Å². The number of hydrogen-bond acceptors (Lipinski definition) is 4. The Kier molecular flexibility index (Phi) is 8.40. The van der Waals surface area contributed by atoms with Crippen molar-refractivity contribution in [3.63, 3.8) is 0 Å². The topological polar surface area (TPSA) is 40.0 Å². The van der Waals surface area contributed by atoms with Gasteiger partial charge in [0.1, 0.15) is 24.7 Å². The Hall–Kier alpha value is -1.82. The minimum Gasteiger partial charge on any atom is -0.489 e. The molecule has 0 aliphatic rings. The van der Waals surface area contributed by atoms with Crippen molar-refractivity contribution >= 4 is 17.3 Å². The van der Waals surface area contributed by atoms with E-state index in [1.54, 1.807) is 6.07 Å². The first kappa shape index (κ1) is 19.2. The van der Waals surface area contributed by atoms with Gasteiger partial charge in [-0.15, -0.1) is 0 Å². The van der Waals surface area contributed by atoms with Crippen LogP contribution in [0.2, 0.25) is 5.02 Å². The molecule has 23 heavy (non-hydrogen) atoms. The molecule has 0 aromatic heterocycles. The number of ether oxygens (including phenoxy) is 2. The maximum atomic E-state index is 12.0. The average molecular weight is 348 g/mol. The summed E-state index contributed by atoms with van der Waals surface area (Å²) in [5.74, 6) is 0.952. The molecule has 1 aromatic carbocycles. The largest absolute Gasteiger partial charge is 0.489 e.